The molecular weight excluding hydrogens is 189 g/mol. The van der Waals surface area contributed by atoms with Crippen molar-refractivity contribution >= 4 is 5.69 Å². The first-order chi connectivity index (χ1) is 7.27. The molecule has 1 unspecified atom stereocenters. The maximum absolute atomic E-state index is 13.2. The summed E-state index contributed by atoms with van der Waals surface area (Å²) in [6.07, 6.45) is 2.98. The third kappa shape index (κ3) is 2.49. The standard InChI is InChI=1S/C13H18FN/c1-11(14)12-6-5-7-13(10-12)15-8-3-2-4-9-15/h5-7,10-11H,2-4,8-9H2,1H3. The summed E-state index contributed by atoms with van der Waals surface area (Å²) in [6.45, 7) is 3.82. The van der Waals surface area contributed by atoms with Crippen LogP contribution in [0.3, 0.4) is 0 Å². The third-order valence-corrected chi connectivity index (χ3v) is 3.05. The molecule has 1 saturated heterocycles. The molecule has 0 N–H and O–H groups in total. The van der Waals surface area contributed by atoms with Gasteiger partial charge in [-0.1, -0.05) is 12.1 Å². The maximum Gasteiger partial charge on any atom is 0.122 e. The van der Waals surface area contributed by atoms with Crippen molar-refractivity contribution in [2.75, 3.05) is 18.0 Å². The van der Waals surface area contributed by atoms with Gasteiger partial charge in [-0.05, 0) is 43.9 Å². The first-order valence-corrected chi connectivity index (χ1v) is 5.76. The van der Waals surface area contributed by atoms with Crippen molar-refractivity contribution in [1.29, 1.82) is 0 Å². The van der Waals surface area contributed by atoms with E-state index < -0.39 is 6.17 Å². The van der Waals surface area contributed by atoms with Gasteiger partial charge in [-0.3, -0.25) is 0 Å². The van der Waals surface area contributed by atoms with Gasteiger partial charge in [0.15, 0.2) is 0 Å². The quantitative estimate of drug-likeness (QED) is 0.714. The molecule has 1 aliphatic rings. The van der Waals surface area contributed by atoms with Gasteiger partial charge in [-0.15, -0.1) is 0 Å². The van der Waals surface area contributed by atoms with Gasteiger partial charge in [-0.2, -0.15) is 0 Å². The Bertz CT molecular complexity index is 316. The van der Waals surface area contributed by atoms with E-state index in [0.717, 1.165) is 18.7 Å². The van der Waals surface area contributed by atoms with Gasteiger partial charge < -0.3 is 4.90 Å². The van der Waals surface area contributed by atoms with Crippen LogP contribution in [0.5, 0.6) is 0 Å². The second-order valence-electron chi connectivity index (χ2n) is 4.26. The minimum absolute atomic E-state index is 0.790. The van der Waals surface area contributed by atoms with Crippen LogP contribution in [-0.4, -0.2) is 13.1 Å². The Labute approximate surface area is 90.9 Å². The topological polar surface area (TPSA) is 3.24 Å². The Balaban J connectivity index is 2.16. The molecule has 2 heteroatoms. The summed E-state index contributed by atoms with van der Waals surface area (Å²) >= 11 is 0. The number of piperidine rings is 1. The lowest BCUT2D eigenvalue weighted by molar-refractivity contribution is 0.374. The van der Waals surface area contributed by atoms with Crippen LogP contribution in [0.15, 0.2) is 24.3 Å². The van der Waals surface area contributed by atoms with Crippen LogP contribution in [0.25, 0.3) is 0 Å². The van der Waals surface area contributed by atoms with Crippen molar-refractivity contribution in [2.45, 2.75) is 32.4 Å². The lowest BCUT2D eigenvalue weighted by Crippen LogP contribution is -2.29. The largest absolute Gasteiger partial charge is 0.372 e. The van der Waals surface area contributed by atoms with Crippen LogP contribution in [0.2, 0.25) is 0 Å². The molecule has 0 aromatic heterocycles. The fourth-order valence-electron chi connectivity index (χ4n) is 2.12. The Morgan fingerprint density at radius 1 is 1.20 bits per heavy atom. The molecule has 0 aliphatic carbocycles. The van der Waals surface area contributed by atoms with E-state index in [1.807, 2.05) is 18.2 Å². The lowest BCUT2D eigenvalue weighted by Gasteiger charge is -2.29. The fourth-order valence-corrected chi connectivity index (χ4v) is 2.12. The summed E-state index contributed by atoms with van der Waals surface area (Å²) in [4.78, 5) is 2.36. The van der Waals surface area contributed by atoms with Crippen LogP contribution >= 0.6 is 0 Å². The van der Waals surface area contributed by atoms with E-state index in [4.69, 9.17) is 0 Å². The van der Waals surface area contributed by atoms with E-state index >= 15 is 0 Å². The molecule has 1 nitrogen and oxygen atoms in total. The van der Waals surface area contributed by atoms with Crippen molar-refractivity contribution in [3.63, 3.8) is 0 Å². The van der Waals surface area contributed by atoms with Crippen molar-refractivity contribution in [3.05, 3.63) is 29.8 Å². The second-order valence-corrected chi connectivity index (χ2v) is 4.26. The van der Waals surface area contributed by atoms with Crippen molar-refractivity contribution in [2.24, 2.45) is 0 Å². The van der Waals surface area contributed by atoms with Crippen LogP contribution in [0.1, 0.15) is 37.9 Å². The highest BCUT2D eigenvalue weighted by Gasteiger charge is 2.12. The molecule has 2 rings (SSSR count). The zero-order valence-corrected chi connectivity index (χ0v) is 9.25. The summed E-state index contributed by atoms with van der Waals surface area (Å²) in [5, 5.41) is 0. The molecule has 82 valence electrons. The van der Waals surface area contributed by atoms with Gasteiger partial charge in [0, 0.05) is 18.8 Å². The highest BCUT2D eigenvalue weighted by molar-refractivity contribution is 5.49. The molecule has 0 bridgehead atoms. The minimum atomic E-state index is -0.866. The van der Waals surface area contributed by atoms with E-state index in [1.54, 1.807) is 6.92 Å². The Morgan fingerprint density at radius 3 is 2.60 bits per heavy atom. The number of benzene rings is 1. The maximum atomic E-state index is 13.2. The predicted octanol–water partition coefficient (Wildman–Crippen LogP) is 3.71. The number of alkyl halides is 1. The van der Waals surface area contributed by atoms with Crippen LogP contribution < -0.4 is 4.90 Å². The van der Waals surface area contributed by atoms with E-state index in [1.165, 1.54) is 24.9 Å². The lowest BCUT2D eigenvalue weighted by atomic mass is 10.1. The molecule has 1 aromatic rings. The number of halogens is 1. The zero-order valence-electron chi connectivity index (χ0n) is 9.25. The Hall–Kier alpha value is -1.05. The van der Waals surface area contributed by atoms with E-state index in [-0.39, 0.29) is 0 Å². The van der Waals surface area contributed by atoms with E-state index in [9.17, 15) is 4.39 Å². The Kier molecular flexibility index (Phi) is 3.24. The van der Waals surface area contributed by atoms with Gasteiger partial charge in [0.05, 0.1) is 0 Å². The van der Waals surface area contributed by atoms with Gasteiger partial charge >= 0.3 is 0 Å². The summed E-state index contributed by atoms with van der Waals surface area (Å²) in [6, 6.07) is 7.88. The van der Waals surface area contributed by atoms with E-state index in [2.05, 4.69) is 11.0 Å². The molecule has 0 amide bonds. The fraction of sp³-hybridized carbons (Fsp3) is 0.538. The first kappa shape index (κ1) is 10.5. The smallest absolute Gasteiger partial charge is 0.122 e. The number of nitrogens with zero attached hydrogens (tertiary/aromatic N) is 1. The average Bonchev–Trinajstić information content (AvgIpc) is 2.30. The molecule has 0 saturated carbocycles. The number of rotatable bonds is 2. The second kappa shape index (κ2) is 4.65. The number of hydrogen-bond acceptors (Lipinski definition) is 1. The summed E-state index contributed by atoms with van der Waals surface area (Å²) < 4.78 is 13.2. The molecule has 1 heterocycles. The van der Waals surface area contributed by atoms with Crippen molar-refractivity contribution < 1.29 is 4.39 Å². The molecule has 15 heavy (non-hydrogen) atoms. The first-order valence-electron chi connectivity index (χ1n) is 5.76. The van der Waals surface area contributed by atoms with Crippen molar-refractivity contribution in [3.8, 4) is 0 Å². The summed E-state index contributed by atoms with van der Waals surface area (Å²) in [7, 11) is 0. The van der Waals surface area contributed by atoms with Gasteiger partial charge in [-0.25, -0.2) is 4.39 Å². The SMILES string of the molecule is CC(F)c1cccc(N2CCCCC2)c1. The highest BCUT2D eigenvalue weighted by atomic mass is 19.1. The van der Waals surface area contributed by atoms with Crippen LogP contribution in [0.4, 0.5) is 10.1 Å². The highest BCUT2D eigenvalue weighted by Crippen LogP contribution is 2.24. The molecule has 0 radical (unpaired) electrons. The minimum Gasteiger partial charge on any atom is -0.372 e. The van der Waals surface area contributed by atoms with Gasteiger partial charge in [0.1, 0.15) is 6.17 Å². The monoisotopic (exact) mass is 207 g/mol. The third-order valence-electron chi connectivity index (χ3n) is 3.05. The van der Waals surface area contributed by atoms with Crippen molar-refractivity contribution in [1.82, 2.24) is 0 Å². The normalized spacial score (nSPS) is 18.9. The summed E-state index contributed by atoms with van der Waals surface area (Å²) in [5.41, 5.74) is 1.97. The molecule has 1 aliphatic heterocycles. The van der Waals surface area contributed by atoms with Crippen LogP contribution in [-0.2, 0) is 0 Å². The molecule has 1 aromatic carbocycles. The van der Waals surface area contributed by atoms with Gasteiger partial charge in [0.25, 0.3) is 0 Å². The zero-order chi connectivity index (χ0) is 10.7. The van der Waals surface area contributed by atoms with Crippen LogP contribution in [0, 0.1) is 0 Å². The number of hydrogen-bond donors (Lipinski definition) is 0. The molecular formula is C13H18FN. The molecule has 0 spiro atoms. The average molecular weight is 207 g/mol. The summed E-state index contributed by atoms with van der Waals surface area (Å²) in [5.74, 6) is 0. The Morgan fingerprint density at radius 2 is 1.93 bits per heavy atom. The predicted molar refractivity (Wildman–Crippen MR) is 62.0 cm³/mol. The number of anilines is 1. The van der Waals surface area contributed by atoms with E-state index in [0.29, 0.717) is 0 Å². The molecule has 1 atom stereocenters. The van der Waals surface area contributed by atoms with Gasteiger partial charge in [0.2, 0.25) is 0 Å². The molecule has 1 fully saturated rings.